The van der Waals surface area contributed by atoms with Gasteiger partial charge in [-0.15, -0.1) is 11.3 Å². The van der Waals surface area contributed by atoms with E-state index in [-0.39, 0.29) is 10.2 Å². The molecule has 1 amide bonds. The molecule has 0 atom stereocenters. The number of fused-ring (bicyclic) bond motifs is 1. The van der Waals surface area contributed by atoms with Crippen LogP contribution in [0.3, 0.4) is 0 Å². The third-order valence-electron chi connectivity index (χ3n) is 5.12. The monoisotopic (exact) mass is 474 g/mol. The van der Waals surface area contributed by atoms with Crippen LogP contribution in [0.1, 0.15) is 57.4 Å². The number of aryl methyl sites for hydroxylation is 2. The number of carbonyl (C=O) groups is 1. The maximum atomic E-state index is 13.2. The third kappa shape index (κ3) is 5.05. The molecule has 0 unspecified atom stereocenters. The number of nitrogens with zero attached hydrogens (tertiary/aromatic N) is 3. The molecule has 2 aromatic heterocycles. The Balaban J connectivity index is 2.06. The van der Waals surface area contributed by atoms with E-state index in [1.165, 1.54) is 6.21 Å². The average Bonchev–Trinajstić information content (AvgIpc) is 3.26. The van der Waals surface area contributed by atoms with E-state index >= 15 is 0 Å². The summed E-state index contributed by atoms with van der Waals surface area (Å²) >= 11 is 0.975. The summed E-state index contributed by atoms with van der Waals surface area (Å²) in [5.41, 5.74) is -0.000494. The van der Waals surface area contributed by atoms with Crippen molar-refractivity contribution < 1.29 is 22.7 Å². The first kappa shape index (κ1) is 24.0. The van der Waals surface area contributed by atoms with E-state index < -0.39 is 47.6 Å². The van der Waals surface area contributed by atoms with Gasteiger partial charge in [0, 0.05) is 6.54 Å². The molecule has 0 saturated heterocycles. The smallest absolute Gasteiger partial charge is 0.428 e. The lowest BCUT2D eigenvalue weighted by molar-refractivity contribution is -0.136. The molecule has 2 heterocycles. The average molecular weight is 475 g/mol. The van der Waals surface area contributed by atoms with Crippen LogP contribution in [0.4, 0.5) is 18.0 Å². The molecule has 0 aliphatic heterocycles. The molecule has 2 aromatic rings. The number of aromatic nitrogens is 2. The van der Waals surface area contributed by atoms with Gasteiger partial charge in [0.1, 0.15) is 10.4 Å². The zero-order valence-electron chi connectivity index (χ0n) is 18.4. The fourth-order valence-corrected chi connectivity index (χ4v) is 4.44. The first-order chi connectivity index (χ1) is 14.6. The Hall–Kier alpha value is -2.63. The van der Waals surface area contributed by atoms with Crippen LogP contribution in [0.5, 0.6) is 0 Å². The number of hydrazone groups is 1. The summed E-state index contributed by atoms with van der Waals surface area (Å²) < 4.78 is 45.8. The van der Waals surface area contributed by atoms with Crippen LogP contribution < -0.4 is 16.7 Å². The highest BCUT2D eigenvalue weighted by molar-refractivity contribution is 7.20. The Morgan fingerprint density at radius 3 is 2.44 bits per heavy atom. The molecule has 12 heteroatoms. The zero-order chi connectivity index (χ0) is 24.1. The molecule has 1 saturated carbocycles. The highest BCUT2D eigenvalue weighted by Crippen LogP contribution is 2.41. The van der Waals surface area contributed by atoms with E-state index in [4.69, 9.17) is 4.74 Å². The van der Waals surface area contributed by atoms with Gasteiger partial charge in [-0.3, -0.25) is 13.9 Å². The third-order valence-corrected chi connectivity index (χ3v) is 6.37. The van der Waals surface area contributed by atoms with Gasteiger partial charge in [-0.1, -0.05) is 0 Å². The van der Waals surface area contributed by atoms with Crippen molar-refractivity contribution in [3.05, 3.63) is 31.3 Å². The minimum Gasteiger partial charge on any atom is -0.443 e. The second-order valence-electron chi connectivity index (χ2n) is 9.08. The molecule has 0 bridgehead atoms. The predicted octanol–water partition coefficient (Wildman–Crippen LogP) is 3.85. The number of hydrogen-bond donors (Lipinski definition) is 1. The fraction of sp³-hybridized carbons (Fsp3) is 0.600. The lowest BCUT2D eigenvalue weighted by atomic mass is 10.2. The second kappa shape index (κ2) is 8.05. The van der Waals surface area contributed by atoms with Gasteiger partial charge in [0.25, 0.3) is 5.56 Å². The molecule has 1 aliphatic rings. The maximum absolute atomic E-state index is 13.2. The predicted molar refractivity (Wildman–Crippen MR) is 116 cm³/mol. The van der Waals surface area contributed by atoms with Gasteiger partial charge < -0.3 is 4.74 Å². The molecule has 176 valence electrons. The number of hydrogen-bond acceptors (Lipinski definition) is 6. The number of nitrogens with one attached hydrogen (secondary N) is 1. The largest absolute Gasteiger partial charge is 0.443 e. The van der Waals surface area contributed by atoms with Gasteiger partial charge in [0.15, 0.2) is 0 Å². The number of carbonyl (C=O) groups excluding carboxylic acids is 1. The van der Waals surface area contributed by atoms with Crippen molar-refractivity contribution >= 4 is 33.9 Å². The minimum atomic E-state index is -4.45. The van der Waals surface area contributed by atoms with Crippen LogP contribution in [-0.2, 0) is 16.8 Å². The summed E-state index contributed by atoms with van der Waals surface area (Å²) in [5.74, 6) is 0. The quantitative estimate of drug-likeness (QED) is 0.526. The maximum Gasteiger partial charge on any atom is 0.428 e. The zero-order valence-corrected chi connectivity index (χ0v) is 19.2. The molecule has 1 aliphatic carbocycles. The molecule has 0 radical (unpaired) electrons. The normalized spacial score (nSPS) is 16.0. The Bertz CT molecular complexity index is 1200. The Morgan fingerprint density at radius 1 is 1.28 bits per heavy atom. The summed E-state index contributed by atoms with van der Waals surface area (Å²) in [5, 5.41) is 4.00. The van der Waals surface area contributed by atoms with Crippen LogP contribution >= 0.6 is 11.3 Å². The van der Waals surface area contributed by atoms with Crippen molar-refractivity contribution in [2.45, 2.75) is 77.7 Å². The highest BCUT2D eigenvalue weighted by atomic mass is 32.1. The van der Waals surface area contributed by atoms with E-state index in [9.17, 15) is 27.6 Å². The molecule has 32 heavy (non-hydrogen) atoms. The van der Waals surface area contributed by atoms with Gasteiger partial charge in [-0.25, -0.2) is 15.0 Å². The summed E-state index contributed by atoms with van der Waals surface area (Å²) in [6.07, 6.45) is -3.94. The molecule has 0 aromatic carbocycles. The molecule has 1 N–H and O–H groups in total. The van der Waals surface area contributed by atoms with E-state index in [1.807, 2.05) is 0 Å². The first-order valence-electron chi connectivity index (χ1n) is 10.0. The summed E-state index contributed by atoms with van der Waals surface area (Å²) in [6.45, 7) is 7.85. The molecule has 0 spiro atoms. The molecule has 8 nitrogen and oxygen atoms in total. The van der Waals surface area contributed by atoms with Gasteiger partial charge >= 0.3 is 18.0 Å². The van der Waals surface area contributed by atoms with Crippen LogP contribution in [-0.4, -0.2) is 33.2 Å². The Morgan fingerprint density at radius 2 is 1.91 bits per heavy atom. The van der Waals surface area contributed by atoms with Crippen molar-refractivity contribution in [2.75, 3.05) is 0 Å². The van der Waals surface area contributed by atoms with Crippen molar-refractivity contribution in [2.24, 2.45) is 5.10 Å². The van der Waals surface area contributed by atoms with Gasteiger partial charge in [0.05, 0.1) is 28.4 Å². The van der Waals surface area contributed by atoms with Crippen molar-refractivity contribution in [3.63, 3.8) is 0 Å². The number of rotatable bonds is 5. The minimum absolute atomic E-state index is 0.154. The molecular weight excluding hydrogens is 449 g/mol. The standard InChI is InChI=1S/C20H25F3N4O4S/c1-11-12(10-24-25-16(29)31-18(2,3)4)32-15-13(11)14(28)27(19(5)6-7-19)17(30)26(15)9-8-20(21,22)23/h10H,6-9H2,1-5H3,(H,25,29)/b24-10+. The lowest BCUT2D eigenvalue weighted by Crippen LogP contribution is -2.44. The van der Waals surface area contributed by atoms with E-state index in [0.717, 1.165) is 20.5 Å². The van der Waals surface area contributed by atoms with Crippen molar-refractivity contribution in [3.8, 4) is 0 Å². The lowest BCUT2D eigenvalue weighted by Gasteiger charge is -2.18. The number of ether oxygens (including phenoxy) is 1. The first-order valence-corrected chi connectivity index (χ1v) is 10.8. The van der Waals surface area contributed by atoms with E-state index in [0.29, 0.717) is 23.3 Å². The van der Waals surface area contributed by atoms with Gasteiger partial charge in [0.2, 0.25) is 0 Å². The SMILES string of the molecule is Cc1c(/C=N/NC(=O)OC(C)(C)C)sc2c1c(=O)n(C1(C)CC1)c(=O)n2CCC(F)(F)F. The number of halogens is 3. The number of alkyl halides is 3. The Kier molecular flexibility index (Phi) is 6.05. The fourth-order valence-electron chi connectivity index (χ4n) is 3.25. The Labute approximate surface area is 185 Å². The van der Waals surface area contributed by atoms with Crippen molar-refractivity contribution in [1.82, 2.24) is 14.6 Å². The van der Waals surface area contributed by atoms with Crippen LogP contribution in [0.2, 0.25) is 0 Å². The van der Waals surface area contributed by atoms with Crippen LogP contribution in [0.25, 0.3) is 10.2 Å². The van der Waals surface area contributed by atoms with Crippen LogP contribution in [0, 0.1) is 6.92 Å². The molecule has 1 fully saturated rings. The highest BCUT2D eigenvalue weighted by Gasteiger charge is 2.43. The van der Waals surface area contributed by atoms with E-state index in [1.54, 1.807) is 34.6 Å². The topological polar surface area (TPSA) is 94.7 Å². The van der Waals surface area contributed by atoms with Gasteiger partial charge in [-0.05, 0) is 53.0 Å². The number of thiophene rings is 1. The van der Waals surface area contributed by atoms with E-state index in [2.05, 4.69) is 10.5 Å². The summed E-state index contributed by atoms with van der Waals surface area (Å²) in [4.78, 5) is 38.5. The van der Waals surface area contributed by atoms with Crippen LogP contribution in [0.15, 0.2) is 14.7 Å². The van der Waals surface area contributed by atoms with Gasteiger partial charge in [-0.2, -0.15) is 18.3 Å². The molecule has 3 rings (SSSR count). The molecular formula is C20H25F3N4O4S. The summed E-state index contributed by atoms with van der Waals surface area (Å²) in [6, 6.07) is 0. The number of amides is 1. The van der Waals surface area contributed by atoms with Crippen molar-refractivity contribution in [1.29, 1.82) is 0 Å². The second-order valence-corrected chi connectivity index (χ2v) is 10.1. The summed E-state index contributed by atoms with van der Waals surface area (Å²) in [7, 11) is 0.